The first-order valence-electron chi connectivity index (χ1n) is 35.8. The van der Waals surface area contributed by atoms with Crippen molar-refractivity contribution in [2.75, 3.05) is 55.7 Å². The number of tetrazole rings is 2. The molecule has 8 aromatic carbocycles. The van der Waals surface area contributed by atoms with Crippen LogP contribution in [0.3, 0.4) is 0 Å². The van der Waals surface area contributed by atoms with E-state index in [9.17, 15) is 26.4 Å². The lowest BCUT2D eigenvalue weighted by Gasteiger charge is -2.26. The molecule has 116 heavy (non-hydrogen) atoms. The number of sulfonamides is 4. The van der Waals surface area contributed by atoms with Crippen molar-refractivity contribution in [1.29, 1.82) is 0 Å². The maximum absolute atomic E-state index is 15.5. The molecule has 0 saturated carbocycles. The molecule has 0 aliphatic heterocycles. The van der Waals surface area contributed by atoms with Crippen LogP contribution in [0.4, 0.5) is 9.59 Å². The Bertz CT molecular complexity index is 5390. The van der Waals surface area contributed by atoms with Crippen LogP contribution in [0.1, 0.15) is 88.8 Å². The molecule has 0 radical (unpaired) electrons. The highest BCUT2D eigenvalue weighted by molar-refractivity contribution is 14.1. The monoisotopic (exact) mass is 1890 g/mol. The molecule has 0 spiro atoms. The predicted octanol–water partition coefficient (Wildman–Crippen LogP) is 11.2. The molecule has 2 heterocycles. The van der Waals surface area contributed by atoms with Crippen LogP contribution in [-0.2, 0) is 88.8 Å². The molecule has 2 atom stereocenters. The number of benzene rings is 8. The predicted molar refractivity (Wildman–Crippen MR) is 449 cm³/mol. The molecule has 32 nitrogen and oxygen atoms in total. The molecule has 10 rings (SSSR count). The van der Waals surface area contributed by atoms with Crippen LogP contribution < -0.4 is 48.5 Å². The number of amides is 2. The second kappa shape index (κ2) is 39.5. The van der Waals surface area contributed by atoms with Gasteiger partial charge in [-0.05, 0) is 247 Å². The fourth-order valence-electron chi connectivity index (χ4n) is 11.3. The summed E-state index contributed by atoms with van der Waals surface area (Å²) < 4.78 is 171. The number of rotatable bonds is 34. The lowest BCUT2D eigenvalue weighted by molar-refractivity contribution is 0.0497. The standard InChI is InChI=1S/2C39H46IN7O9S2/c1-26(42-38(48)56-39(2,3)4)22-41-57(49,50)34-21-20-33(40)35(37-43-44-45-47(37)25-29-12-18-32(55-7)19-13-29)36(34)58(51,52)46(23-27-8-14-30(53-5)15-9-27)24-28-10-16-31(54-6)17-11-28;1-26(42-38(48)56-39(2,3)4)22-41-57(49,50)34-21-20-33(40)35(37-43-45-47(44-37)25-29-12-18-32(55-7)19-13-29)36(34)58(51,52)46(23-27-8-14-30(53-5)15-9-27)24-28-10-16-31(54-6)17-11-28/h2*8-21,26,41H,22-25H2,1-7H3,(H,42,48)/t2*26-/m11/s1. The van der Waals surface area contributed by atoms with Gasteiger partial charge in [0.05, 0.1) is 66.9 Å². The number of alkyl carbamates (subject to hydrolysis) is 2. The number of hydrogen-bond acceptors (Lipinski definition) is 24. The molecule has 4 N–H and O–H groups in total. The molecular weight excluding hydrogens is 1800 g/mol. The molecule has 10 aromatic rings. The summed E-state index contributed by atoms with van der Waals surface area (Å²) in [6.45, 7) is 12.5. The topological polar surface area (TPSA) is 386 Å². The van der Waals surface area contributed by atoms with Gasteiger partial charge in [0.2, 0.25) is 45.9 Å². The van der Waals surface area contributed by atoms with Gasteiger partial charge in [0, 0.05) is 58.5 Å². The third kappa shape index (κ3) is 24.5. The van der Waals surface area contributed by atoms with Crippen LogP contribution >= 0.6 is 45.2 Å². The lowest BCUT2D eigenvalue weighted by Crippen LogP contribution is -2.44. The number of hydrogen-bond donors (Lipinski definition) is 4. The van der Waals surface area contributed by atoms with Gasteiger partial charge < -0.3 is 48.5 Å². The number of halogens is 2. The van der Waals surface area contributed by atoms with Crippen LogP contribution in [0, 0.1) is 7.14 Å². The van der Waals surface area contributed by atoms with Gasteiger partial charge in [-0.1, -0.05) is 72.8 Å². The van der Waals surface area contributed by atoms with Gasteiger partial charge in [-0.15, -0.1) is 15.3 Å². The molecule has 0 saturated heterocycles. The Balaban J connectivity index is 0.000000265. The Labute approximate surface area is 703 Å². The van der Waals surface area contributed by atoms with Crippen LogP contribution in [0.25, 0.3) is 22.8 Å². The first-order valence-corrected chi connectivity index (χ1v) is 43.8. The van der Waals surface area contributed by atoms with E-state index < -0.39 is 95.1 Å². The zero-order valence-corrected chi connectivity index (χ0v) is 73.8. The Hall–Kier alpha value is -9.66. The normalized spacial score (nSPS) is 12.6. The second-order valence-corrected chi connectivity index (χ2v) is 37.8. The average molecular weight is 1900 g/mol. The summed E-state index contributed by atoms with van der Waals surface area (Å²) in [5.41, 5.74) is 2.39. The van der Waals surface area contributed by atoms with Gasteiger partial charge in [0.25, 0.3) is 0 Å². The highest BCUT2D eigenvalue weighted by Crippen LogP contribution is 2.41. The van der Waals surface area contributed by atoms with Crippen LogP contribution in [0.5, 0.6) is 34.5 Å². The van der Waals surface area contributed by atoms with Crippen molar-refractivity contribution in [3.05, 3.63) is 210 Å². The Morgan fingerprint density at radius 1 is 0.422 bits per heavy atom. The number of nitrogens with one attached hydrogen (secondary N) is 4. The Morgan fingerprint density at radius 3 is 1.06 bits per heavy atom. The van der Waals surface area contributed by atoms with E-state index in [2.05, 4.69) is 51.0 Å². The third-order valence-electron chi connectivity index (χ3n) is 17.1. The lowest BCUT2D eigenvalue weighted by atomic mass is 10.2. The molecule has 38 heteroatoms. The highest BCUT2D eigenvalue weighted by atomic mass is 127. The number of ether oxygens (including phenoxy) is 8. The van der Waals surface area contributed by atoms with Crippen LogP contribution in [0.2, 0.25) is 0 Å². The van der Waals surface area contributed by atoms with E-state index in [4.69, 9.17) is 37.9 Å². The summed E-state index contributed by atoms with van der Waals surface area (Å²) in [7, 11) is -9.53. The van der Waals surface area contributed by atoms with Crippen LogP contribution in [-0.4, -0.2) is 174 Å². The fourth-order valence-corrected chi connectivity index (χ4v) is 20.2. The fraction of sp³-hybridized carbons (Fsp3) is 0.333. The minimum absolute atomic E-state index is 0.0172. The number of methoxy groups -OCH3 is 6. The van der Waals surface area contributed by atoms with Gasteiger partial charge >= 0.3 is 12.2 Å². The van der Waals surface area contributed by atoms with E-state index in [1.54, 1.807) is 191 Å². The van der Waals surface area contributed by atoms with Crippen molar-refractivity contribution in [2.24, 2.45) is 0 Å². The molecule has 0 fully saturated rings. The van der Waals surface area contributed by atoms with E-state index in [1.807, 2.05) is 69.4 Å². The summed E-state index contributed by atoms with van der Waals surface area (Å²) in [6.07, 6.45) is -1.48. The van der Waals surface area contributed by atoms with E-state index >= 15 is 16.8 Å². The SMILES string of the molecule is COc1ccc(CN(Cc2ccc(OC)cc2)S(=O)(=O)c2c(S(=O)(=O)NC[C@@H](C)NC(=O)OC(C)(C)C)ccc(I)c2-c2nnn(Cc3ccc(OC)cc3)n2)cc1.COc1ccc(CN(Cc2ccc(OC)cc2)S(=O)(=O)c2c(S(=O)(=O)NC[C@@H](C)NC(=O)OC(C)(C)C)ccc(I)c2-c2nnnn2Cc2ccc(OC)cc2)cc1. The van der Waals surface area contributed by atoms with Gasteiger partial charge in [-0.3, -0.25) is 0 Å². The van der Waals surface area contributed by atoms with Crippen molar-refractivity contribution < 1.29 is 81.2 Å². The highest BCUT2D eigenvalue weighted by Gasteiger charge is 2.40. The molecule has 0 bridgehead atoms. The van der Waals surface area contributed by atoms with Crippen molar-refractivity contribution in [3.8, 4) is 57.3 Å². The first kappa shape index (κ1) is 90.3. The maximum atomic E-state index is 15.5. The Morgan fingerprint density at radius 2 is 0.733 bits per heavy atom. The van der Waals surface area contributed by atoms with Crippen molar-refractivity contribution >= 4 is 97.5 Å². The largest absolute Gasteiger partial charge is 0.497 e. The summed E-state index contributed by atoms with van der Waals surface area (Å²) >= 11 is 3.90. The smallest absolute Gasteiger partial charge is 0.407 e. The molecule has 2 aromatic heterocycles. The molecular formula is C78H92I2N14O18S4. The molecule has 0 aliphatic carbocycles. The number of carbonyl (C=O) groups is 2. The summed E-state index contributed by atoms with van der Waals surface area (Å²) in [4.78, 5) is 24.0. The summed E-state index contributed by atoms with van der Waals surface area (Å²) in [6, 6.07) is 45.9. The summed E-state index contributed by atoms with van der Waals surface area (Å²) in [5, 5.41) is 30.5. The third-order valence-corrected chi connectivity index (χ3v) is 25.8. The maximum Gasteiger partial charge on any atom is 0.407 e. The zero-order valence-electron chi connectivity index (χ0n) is 66.2. The van der Waals surface area contributed by atoms with Crippen molar-refractivity contribution in [2.45, 2.75) is 138 Å². The molecule has 0 aliphatic rings. The summed E-state index contributed by atoms with van der Waals surface area (Å²) in [5.74, 6) is 3.51. The van der Waals surface area contributed by atoms with Crippen molar-refractivity contribution in [3.63, 3.8) is 0 Å². The van der Waals surface area contributed by atoms with Crippen molar-refractivity contribution in [1.82, 2.24) is 69.1 Å². The number of carbonyl (C=O) groups excluding carboxylic acids is 2. The van der Waals surface area contributed by atoms with E-state index in [1.165, 1.54) is 70.8 Å². The number of nitrogens with zero attached hydrogens (tertiary/aromatic N) is 10. The first-order chi connectivity index (χ1) is 54.8. The van der Waals surface area contributed by atoms with E-state index in [0.717, 1.165) is 11.1 Å². The van der Waals surface area contributed by atoms with E-state index in [0.29, 0.717) is 63.9 Å². The second-order valence-electron chi connectivity index (χ2n) is 28.2. The number of aromatic nitrogens is 8. The van der Waals surface area contributed by atoms with Gasteiger partial charge in [0.1, 0.15) is 65.3 Å². The molecule has 2 amide bonds. The zero-order chi connectivity index (χ0) is 84.5. The molecule has 0 unspecified atom stereocenters. The average Bonchev–Trinajstić information content (AvgIpc) is 1.10. The quantitative estimate of drug-likeness (QED) is 0.0272. The Kier molecular flexibility index (Phi) is 30.8. The minimum Gasteiger partial charge on any atom is -0.497 e. The molecule has 620 valence electrons. The van der Waals surface area contributed by atoms with Gasteiger partial charge in [-0.25, -0.2) is 57.4 Å². The van der Waals surface area contributed by atoms with Gasteiger partial charge in [-0.2, -0.15) is 13.4 Å². The van der Waals surface area contributed by atoms with Crippen LogP contribution in [0.15, 0.2) is 189 Å². The minimum atomic E-state index is -4.77. The van der Waals surface area contributed by atoms with Gasteiger partial charge in [0.15, 0.2) is 5.82 Å². The van der Waals surface area contributed by atoms with E-state index in [-0.39, 0.29) is 75.1 Å².